The summed E-state index contributed by atoms with van der Waals surface area (Å²) in [4.78, 5) is 12.3. The molecular weight excluding hydrogens is 411 g/mol. The highest BCUT2D eigenvalue weighted by molar-refractivity contribution is 7.99. The zero-order chi connectivity index (χ0) is 20.4. The van der Waals surface area contributed by atoms with Crippen LogP contribution >= 0.6 is 23.4 Å². The van der Waals surface area contributed by atoms with Crippen molar-refractivity contribution in [3.05, 3.63) is 59.4 Å². The number of benzene rings is 2. The lowest BCUT2D eigenvalue weighted by atomic mass is 10.2. The number of carbonyl (C=O) groups excluding carboxylic acids is 1. The molecule has 0 radical (unpaired) electrons. The van der Waals surface area contributed by atoms with Crippen molar-refractivity contribution in [2.24, 2.45) is 5.92 Å². The van der Waals surface area contributed by atoms with Gasteiger partial charge in [0.05, 0.1) is 16.5 Å². The molecule has 1 atom stereocenters. The van der Waals surface area contributed by atoms with Gasteiger partial charge in [0, 0.05) is 11.6 Å². The van der Waals surface area contributed by atoms with Crippen molar-refractivity contribution in [3.8, 4) is 17.1 Å². The zero-order valence-corrected chi connectivity index (χ0v) is 17.4. The predicted molar refractivity (Wildman–Crippen MR) is 113 cm³/mol. The van der Waals surface area contributed by atoms with Gasteiger partial charge in [0.25, 0.3) is 0 Å². The van der Waals surface area contributed by atoms with Gasteiger partial charge in [-0.25, -0.2) is 4.39 Å². The first-order valence-electron chi connectivity index (χ1n) is 9.42. The van der Waals surface area contributed by atoms with E-state index < -0.39 is 5.82 Å². The van der Waals surface area contributed by atoms with E-state index in [1.807, 2.05) is 25.1 Å². The Morgan fingerprint density at radius 3 is 2.69 bits per heavy atom. The number of nitrogens with zero attached hydrogens (tertiary/aromatic N) is 3. The number of hydrogen-bond acceptors (Lipinski definition) is 4. The average Bonchev–Trinajstić information content (AvgIpc) is 3.48. The number of rotatable bonds is 7. The summed E-state index contributed by atoms with van der Waals surface area (Å²) in [6.45, 7) is 2.03. The maximum absolute atomic E-state index is 14.6. The molecule has 8 heteroatoms. The topological polar surface area (TPSA) is 59.8 Å². The molecule has 1 aromatic heterocycles. The van der Waals surface area contributed by atoms with Crippen LogP contribution in [-0.2, 0) is 4.79 Å². The van der Waals surface area contributed by atoms with Gasteiger partial charge >= 0.3 is 0 Å². The van der Waals surface area contributed by atoms with Crippen molar-refractivity contribution < 1.29 is 9.18 Å². The van der Waals surface area contributed by atoms with E-state index in [4.69, 9.17) is 11.6 Å². The zero-order valence-electron chi connectivity index (χ0n) is 15.8. The smallest absolute Gasteiger partial charge is 0.230 e. The normalized spacial score (nSPS) is 14.6. The standard InChI is InChI=1S/C21H20ClFN4OS/c1-13(14-10-11-14)24-19(28)12-29-21-26-25-20(15-6-2-3-7-16(15)22)27(21)18-9-5-4-8-17(18)23/h2-9,13-14H,10-12H2,1H3,(H,24,28). The molecule has 1 aliphatic rings. The van der Waals surface area contributed by atoms with E-state index in [2.05, 4.69) is 15.5 Å². The minimum atomic E-state index is -0.408. The highest BCUT2D eigenvalue weighted by Gasteiger charge is 2.29. The Morgan fingerprint density at radius 2 is 1.97 bits per heavy atom. The molecule has 0 bridgehead atoms. The number of hydrogen-bond donors (Lipinski definition) is 1. The fourth-order valence-electron chi connectivity index (χ4n) is 3.17. The Balaban J connectivity index is 1.64. The van der Waals surface area contributed by atoms with E-state index in [-0.39, 0.29) is 17.7 Å². The third-order valence-corrected chi connectivity index (χ3v) is 6.15. The van der Waals surface area contributed by atoms with E-state index in [1.54, 1.807) is 28.8 Å². The van der Waals surface area contributed by atoms with Gasteiger partial charge in [-0.3, -0.25) is 9.36 Å². The summed E-state index contributed by atoms with van der Waals surface area (Å²) >= 11 is 7.56. The van der Waals surface area contributed by atoms with Gasteiger partial charge < -0.3 is 5.32 Å². The second-order valence-corrected chi connectivity index (χ2v) is 8.40. The van der Waals surface area contributed by atoms with Crippen LogP contribution in [0.3, 0.4) is 0 Å². The maximum atomic E-state index is 14.6. The number of halogens is 2. The fourth-order valence-corrected chi connectivity index (χ4v) is 4.15. The summed E-state index contributed by atoms with van der Waals surface area (Å²) in [6, 6.07) is 13.8. The summed E-state index contributed by atoms with van der Waals surface area (Å²) in [5.74, 6) is 0.699. The Hall–Kier alpha value is -2.38. The predicted octanol–water partition coefficient (Wildman–Crippen LogP) is 4.73. The summed E-state index contributed by atoms with van der Waals surface area (Å²) in [5, 5.41) is 12.4. The third-order valence-electron chi connectivity index (χ3n) is 4.89. The van der Waals surface area contributed by atoms with Crippen LogP contribution in [0.2, 0.25) is 5.02 Å². The van der Waals surface area contributed by atoms with Crippen molar-refractivity contribution in [3.63, 3.8) is 0 Å². The first-order valence-corrected chi connectivity index (χ1v) is 10.8. The van der Waals surface area contributed by atoms with Gasteiger partial charge in [0.1, 0.15) is 5.82 Å². The number of nitrogens with one attached hydrogen (secondary N) is 1. The van der Waals surface area contributed by atoms with Crippen molar-refractivity contribution in [2.45, 2.75) is 31.0 Å². The minimum absolute atomic E-state index is 0.0724. The van der Waals surface area contributed by atoms with Gasteiger partial charge in [-0.2, -0.15) is 0 Å². The van der Waals surface area contributed by atoms with Gasteiger partial charge in [-0.1, -0.05) is 47.6 Å². The highest BCUT2D eigenvalue weighted by Crippen LogP contribution is 2.34. The number of para-hydroxylation sites is 1. The minimum Gasteiger partial charge on any atom is -0.353 e. The SMILES string of the molecule is CC(NC(=O)CSc1nnc(-c2ccccc2Cl)n1-c1ccccc1F)C1CC1. The van der Waals surface area contributed by atoms with E-state index >= 15 is 0 Å². The molecule has 1 amide bonds. The van der Waals surface area contributed by atoms with Crippen LogP contribution in [0.4, 0.5) is 4.39 Å². The van der Waals surface area contributed by atoms with Crippen molar-refractivity contribution in [2.75, 3.05) is 5.75 Å². The second-order valence-electron chi connectivity index (χ2n) is 7.06. The summed E-state index contributed by atoms with van der Waals surface area (Å²) in [5.41, 5.74) is 0.949. The van der Waals surface area contributed by atoms with Crippen molar-refractivity contribution >= 4 is 29.3 Å². The lowest BCUT2D eigenvalue weighted by molar-refractivity contribution is -0.119. The van der Waals surface area contributed by atoms with E-state index in [0.717, 1.165) is 12.8 Å². The number of thioether (sulfide) groups is 1. The average molecular weight is 431 g/mol. The number of aromatic nitrogens is 3. The monoisotopic (exact) mass is 430 g/mol. The molecule has 150 valence electrons. The van der Waals surface area contributed by atoms with E-state index in [1.165, 1.54) is 17.8 Å². The molecule has 1 unspecified atom stereocenters. The second kappa shape index (κ2) is 8.55. The molecule has 3 aromatic rings. The Bertz CT molecular complexity index is 1040. The molecule has 1 aliphatic carbocycles. The third kappa shape index (κ3) is 4.46. The van der Waals surface area contributed by atoms with Crippen LogP contribution in [0.15, 0.2) is 53.7 Å². The number of carbonyl (C=O) groups is 1. The first-order chi connectivity index (χ1) is 14.0. The molecule has 0 aliphatic heterocycles. The lowest BCUT2D eigenvalue weighted by Crippen LogP contribution is -2.35. The van der Waals surface area contributed by atoms with Crippen LogP contribution in [-0.4, -0.2) is 32.5 Å². The van der Waals surface area contributed by atoms with Gasteiger partial charge in [-0.05, 0) is 49.9 Å². The molecule has 1 saturated carbocycles. The summed E-state index contributed by atoms with van der Waals surface area (Å²) < 4.78 is 16.2. The first kappa shape index (κ1) is 19.9. The van der Waals surface area contributed by atoms with Gasteiger partial charge in [0.2, 0.25) is 5.91 Å². The van der Waals surface area contributed by atoms with Crippen LogP contribution < -0.4 is 5.32 Å². The van der Waals surface area contributed by atoms with Crippen molar-refractivity contribution in [1.82, 2.24) is 20.1 Å². The Labute approximate surface area is 177 Å². The van der Waals surface area contributed by atoms with Gasteiger partial charge in [-0.15, -0.1) is 10.2 Å². The number of amides is 1. The van der Waals surface area contributed by atoms with Crippen molar-refractivity contribution in [1.29, 1.82) is 0 Å². The van der Waals surface area contributed by atoms with E-state index in [0.29, 0.717) is 33.2 Å². The molecule has 0 spiro atoms. The quantitative estimate of drug-likeness (QED) is 0.550. The molecule has 5 nitrogen and oxygen atoms in total. The highest BCUT2D eigenvalue weighted by atomic mass is 35.5. The molecule has 1 fully saturated rings. The summed E-state index contributed by atoms with van der Waals surface area (Å²) in [6.07, 6.45) is 2.33. The largest absolute Gasteiger partial charge is 0.353 e. The van der Waals surface area contributed by atoms with Crippen LogP contribution in [0.5, 0.6) is 0 Å². The maximum Gasteiger partial charge on any atom is 0.230 e. The van der Waals surface area contributed by atoms with Gasteiger partial charge in [0.15, 0.2) is 11.0 Å². The lowest BCUT2D eigenvalue weighted by Gasteiger charge is -2.13. The van der Waals surface area contributed by atoms with Crippen LogP contribution in [0.25, 0.3) is 17.1 Å². The Morgan fingerprint density at radius 1 is 1.24 bits per heavy atom. The van der Waals surface area contributed by atoms with E-state index in [9.17, 15) is 9.18 Å². The Kier molecular flexibility index (Phi) is 5.87. The fraction of sp³-hybridized carbons (Fsp3) is 0.286. The van der Waals surface area contributed by atoms with Crippen LogP contribution in [0.1, 0.15) is 19.8 Å². The molecule has 4 rings (SSSR count). The molecular formula is C21H20ClFN4OS. The molecule has 1 N–H and O–H groups in total. The molecule has 2 aromatic carbocycles. The molecule has 0 saturated heterocycles. The molecule has 29 heavy (non-hydrogen) atoms. The van der Waals surface area contributed by atoms with Crippen LogP contribution in [0, 0.1) is 11.7 Å². The molecule has 1 heterocycles. The summed E-state index contributed by atoms with van der Waals surface area (Å²) in [7, 11) is 0.